The minimum Gasteiger partial charge on any atom is -0.383 e. The van der Waals surface area contributed by atoms with Crippen molar-refractivity contribution in [2.24, 2.45) is 7.05 Å². The predicted octanol–water partition coefficient (Wildman–Crippen LogP) is 2.12. The average Bonchev–Trinajstić information content (AvgIpc) is 2.40. The monoisotopic (exact) mass is 273 g/mol. The molecule has 5 heteroatoms. The predicted molar refractivity (Wildman–Crippen MR) is 60.3 cm³/mol. The lowest BCUT2D eigenvalue weighted by Gasteiger charge is -2.26. The van der Waals surface area contributed by atoms with Gasteiger partial charge in [0.25, 0.3) is 0 Å². The van der Waals surface area contributed by atoms with Crippen molar-refractivity contribution in [3.8, 4) is 0 Å². The summed E-state index contributed by atoms with van der Waals surface area (Å²) in [6, 6.07) is 0. The summed E-state index contributed by atoms with van der Waals surface area (Å²) in [6.07, 6.45) is 6.21. The standard InChI is InChI=1S/C10H16BrN3O/c1-14-8(9(11)12-13-14)10(15)6-4-2-3-5-7-10/h15H,2-7H2,1H3. The fourth-order valence-corrected chi connectivity index (χ4v) is 3.07. The first kappa shape index (κ1) is 11.1. The third-order valence-corrected chi connectivity index (χ3v) is 3.69. The fraction of sp³-hybridized carbons (Fsp3) is 0.800. The molecule has 1 heterocycles. The van der Waals surface area contributed by atoms with E-state index in [1.807, 2.05) is 7.05 Å². The lowest BCUT2D eigenvalue weighted by atomic mass is 9.91. The van der Waals surface area contributed by atoms with Crippen LogP contribution in [0.4, 0.5) is 0 Å². The topological polar surface area (TPSA) is 50.9 Å². The summed E-state index contributed by atoms with van der Waals surface area (Å²) in [6.45, 7) is 0. The van der Waals surface area contributed by atoms with Crippen molar-refractivity contribution in [2.75, 3.05) is 0 Å². The number of nitrogens with zero attached hydrogens (tertiary/aromatic N) is 3. The van der Waals surface area contributed by atoms with Gasteiger partial charge in [-0.1, -0.05) is 30.9 Å². The average molecular weight is 274 g/mol. The van der Waals surface area contributed by atoms with Crippen LogP contribution in [-0.2, 0) is 12.6 Å². The highest BCUT2D eigenvalue weighted by molar-refractivity contribution is 9.10. The molecule has 1 aromatic heterocycles. The van der Waals surface area contributed by atoms with E-state index < -0.39 is 5.60 Å². The van der Waals surface area contributed by atoms with Crippen molar-refractivity contribution in [3.63, 3.8) is 0 Å². The second-order valence-electron chi connectivity index (χ2n) is 4.30. The lowest BCUT2D eigenvalue weighted by Crippen LogP contribution is -2.28. The smallest absolute Gasteiger partial charge is 0.154 e. The Morgan fingerprint density at radius 2 is 1.87 bits per heavy atom. The third-order valence-electron chi connectivity index (χ3n) is 3.16. The number of aromatic nitrogens is 3. The van der Waals surface area contributed by atoms with Crippen LogP contribution in [0.3, 0.4) is 0 Å². The zero-order valence-corrected chi connectivity index (χ0v) is 10.5. The molecule has 1 aliphatic carbocycles. The normalized spacial score (nSPS) is 21.3. The van der Waals surface area contributed by atoms with Crippen LogP contribution in [0.2, 0.25) is 0 Å². The molecular formula is C10H16BrN3O. The molecule has 84 valence electrons. The summed E-state index contributed by atoms with van der Waals surface area (Å²) in [5.41, 5.74) is 0.0810. The molecule has 0 atom stereocenters. The zero-order chi connectivity index (χ0) is 10.9. The number of rotatable bonds is 1. The van der Waals surface area contributed by atoms with E-state index in [9.17, 15) is 5.11 Å². The number of hydrogen-bond acceptors (Lipinski definition) is 3. The number of hydrogen-bond donors (Lipinski definition) is 1. The molecule has 0 spiro atoms. The van der Waals surface area contributed by atoms with Crippen molar-refractivity contribution in [2.45, 2.75) is 44.1 Å². The quantitative estimate of drug-likeness (QED) is 0.798. The Hall–Kier alpha value is -0.420. The molecule has 1 saturated carbocycles. The van der Waals surface area contributed by atoms with Gasteiger partial charge in [-0.15, -0.1) is 5.10 Å². The fourth-order valence-electron chi connectivity index (χ4n) is 2.38. The lowest BCUT2D eigenvalue weighted by molar-refractivity contribution is 0.0121. The zero-order valence-electron chi connectivity index (χ0n) is 8.91. The number of halogens is 1. The van der Waals surface area contributed by atoms with Crippen LogP contribution in [0.25, 0.3) is 0 Å². The van der Waals surface area contributed by atoms with Gasteiger partial charge in [0.05, 0.1) is 0 Å². The first-order chi connectivity index (χ1) is 7.13. The van der Waals surface area contributed by atoms with Crippen molar-refractivity contribution in [1.82, 2.24) is 15.0 Å². The third kappa shape index (κ3) is 2.08. The number of aliphatic hydroxyl groups is 1. The minimum atomic E-state index is -0.742. The molecule has 0 amide bonds. The van der Waals surface area contributed by atoms with E-state index in [0.29, 0.717) is 4.60 Å². The molecule has 1 fully saturated rings. The van der Waals surface area contributed by atoms with Crippen LogP contribution in [0.15, 0.2) is 4.60 Å². The van der Waals surface area contributed by atoms with E-state index in [-0.39, 0.29) is 0 Å². The highest BCUT2D eigenvalue weighted by atomic mass is 79.9. The summed E-state index contributed by atoms with van der Waals surface area (Å²) in [7, 11) is 1.83. The number of aryl methyl sites for hydroxylation is 1. The molecule has 15 heavy (non-hydrogen) atoms. The summed E-state index contributed by atoms with van der Waals surface area (Å²) < 4.78 is 2.35. The Morgan fingerprint density at radius 3 is 2.33 bits per heavy atom. The van der Waals surface area contributed by atoms with Crippen LogP contribution in [0.1, 0.15) is 44.2 Å². The largest absolute Gasteiger partial charge is 0.383 e. The maximum absolute atomic E-state index is 10.6. The Labute approximate surface area is 97.8 Å². The minimum absolute atomic E-state index is 0.675. The molecule has 0 radical (unpaired) electrons. The molecular weight excluding hydrogens is 258 g/mol. The van der Waals surface area contributed by atoms with Crippen LogP contribution in [0.5, 0.6) is 0 Å². The van der Waals surface area contributed by atoms with Gasteiger partial charge < -0.3 is 5.11 Å². The molecule has 1 N–H and O–H groups in total. The summed E-state index contributed by atoms with van der Waals surface area (Å²) in [5, 5.41) is 18.5. The Morgan fingerprint density at radius 1 is 1.27 bits per heavy atom. The molecule has 2 rings (SSSR count). The van der Waals surface area contributed by atoms with Crippen LogP contribution in [-0.4, -0.2) is 20.1 Å². The SMILES string of the molecule is Cn1nnc(Br)c1C1(O)CCCCCC1. The maximum Gasteiger partial charge on any atom is 0.154 e. The maximum atomic E-state index is 10.6. The van der Waals surface area contributed by atoms with E-state index in [0.717, 1.165) is 31.4 Å². The van der Waals surface area contributed by atoms with Gasteiger partial charge in [0, 0.05) is 7.05 Å². The van der Waals surface area contributed by atoms with Crippen molar-refractivity contribution in [1.29, 1.82) is 0 Å². The first-order valence-electron chi connectivity index (χ1n) is 5.41. The molecule has 0 aromatic carbocycles. The van der Waals surface area contributed by atoms with Gasteiger partial charge in [-0.3, -0.25) is 0 Å². The molecule has 1 aliphatic rings. The summed E-state index contributed by atoms with van der Waals surface area (Å²) >= 11 is 3.36. The van der Waals surface area contributed by atoms with Crippen LogP contribution < -0.4 is 0 Å². The summed E-state index contributed by atoms with van der Waals surface area (Å²) in [4.78, 5) is 0. The molecule has 4 nitrogen and oxygen atoms in total. The Balaban J connectivity index is 2.34. The van der Waals surface area contributed by atoms with E-state index in [2.05, 4.69) is 26.2 Å². The molecule has 0 aliphatic heterocycles. The van der Waals surface area contributed by atoms with Crippen LogP contribution in [0, 0.1) is 0 Å². The van der Waals surface area contributed by atoms with Crippen molar-refractivity contribution >= 4 is 15.9 Å². The first-order valence-corrected chi connectivity index (χ1v) is 6.21. The van der Waals surface area contributed by atoms with E-state index in [1.165, 1.54) is 12.8 Å². The molecule has 0 bridgehead atoms. The van der Waals surface area contributed by atoms with Gasteiger partial charge in [-0.25, -0.2) is 4.68 Å². The van der Waals surface area contributed by atoms with Crippen molar-refractivity contribution in [3.05, 3.63) is 10.3 Å². The molecule has 0 saturated heterocycles. The summed E-state index contributed by atoms with van der Waals surface area (Å²) in [5.74, 6) is 0. The van der Waals surface area contributed by atoms with Gasteiger partial charge in [0.2, 0.25) is 0 Å². The van der Waals surface area contributed by atoms with Gasteiger partial charge in [0.1, 0.15) is 11.3 Å². The molecule has 1 aromatic rings. The Kier molecular flexibility index (Phi) is 3.11. The highest BCUT2D eigenvalue weighted by Gasteiger charge is 2.35. The second kappa shape index (κ2) is 4.22. The van der Waals surface area contributed by atoms with Crippen LogP contribution >= 0.6 is 15.9 Å². The van der Waals surface area contributed by atoms with Gasteiger partial charge in [-0.05, 0) is 28.8 Å². The van der Waals surface area contributed by atoms with Gasteiger partial charge >= 0.3 is 0 Å². The van der Waals surface area contributed by atoms with Gasteiger partial charge in [-0.2, -0.15) is 0 Å². The van der Waals surface area contributed by atoms with Crippen molar-refractivity contribution < 1.29 is 5.11 Å². The highest BCUT2D eigenvalue weighted by Crippen LogP contribution is 2.37. The van der Waals surface area contributed by atoms with E-state index in [4.69, 9.17) is 0 Å². The van der Waals surface area contributed by atoms with E-state index >= 15 is 0 Å². The Bertz CT molecular complexity index is 323. The molecule has 0 unspecified atom stereocenters. The van der Waals surface area contributed by atoms with E-state index in [1.54, 1.807) is 4.68 Å². The second-order valence-corrected chi connectivity index (χ2v) is 5.05. The van der Waals surface area contributed by atoms with Gasteiger partial charge in [0.15, 0.2) is 4.60 Å².